The predicted octanol–water partition coefficient (Wildman–Crippen LogP) is 3.07. The lowest BCUT2D eigenvalue weighted by molar-refractivity contribution is -0.389. The van der Waals surface area contributed by atoms with Crippen molar-refractivity contribution in [1.82, 2.24) is 9.78 Å². The summed E-state index contributed by atoms with van der Waals surface area (Å²) in [5, 5.41) is 15.9. The Labute approximate surface area is 142 Å². The molecule has 1 amide bonds. The van der Waals surface area contributed by atoms with Gasteiger partial charge < -0.3 is 15.4 Å². The van der Waals surface area contributed by atoms with Crippen molar-refractivity contribution in [2.45, 2.75) is 20.4 Å². The zero-order chi connectivity index (χ0) is 19.8. The zero-order valence-electron chi connectivity index (χ0n) is 13.3. The topological polar surface area (TPSA) is 90.1 Å². The van der Waals surface area contributed by atoms with Crippen molar-refractivity contribution >= 4 is 17.4 Å². The van der Waals surface area contributed by atoms with E-state index in [4.69, 9.17) is 0 Å². The van der Waals surface area contributed by atoms with E-state index in [1.807, 2.05) is 0 Å². The second-order valence-corrected chi connectivity index (χ2v) is 5.42. The lowest BCUT2D eigenvalue weighted by atomic mass is 10.1. The Morgan fingerprint density at radius 3 is 2.15 bits per heavy atom. The Kier molecular flexibility index (Phi) is 5.23. The van der Waals surface area contributed by atoms with Gasteiger partial charge in [-0.15, -0.1) is 0 Å². The highest BCUT2D eigenvalue weighted by Crippen LogP contribution is 2.27. The van der Waals surface area contributed by atoms with Crippen LogP contribution in [0.3, 0.4) is 0 Å². The lowest BCUT2D eigenvalue weighted by Crippen LogP contribution is -2.26. The van der Waals surface area contributed by atoms with E-state index in [-0.39, 0.29) is 6.54 Å². The summed E-state index contributed by atoms with van der Waals surface area (Å²) in [7, 11) is 0. The molecule has 1 aromatic carbocycles. The van der Waals surface area contributed by atoms with E-state index in [2.05, 4.69) is 5.10 Å². The molecule has 0 fully saturated rings. The largest absolute Gasteiger partial charge is 0.390 e. The summed E-state index contributed by atoms with van der Waals surface area (Å²) >= 11 is 0. The first-order valence-electron chi connectivity index (χ1n) is 7.05. The first-order chi connectivity index (χ1) is 12.0. The number of rotatable bonds is 5. The van der Waals surface area contributed by atoms with Crippen LogP contribution < -0.4 is 5.32 Å². The van der Waals surface area contributed by atoms with Gasteiger partial charge in [-0.05, 0) is 11.8 Å². The predicted molar refractivity (Wildman–Crippen MR) is 77.6 cm³/mol. The van der Waals surface area contributed by atoms with Crippen LogP contribution in [-0.4, -0.2) is 20.6 Å². The lowest BCUT2D eigenvalue weighted by Gasteiger charge is -2.13. The molecule has 1 aromatic heterocycles. The standard InChI is InChI=1S/C14H11F5N4O3/c1-5(4-22-6(2)3-7(21-22)23(25)26)14(24)20-13-11(18)9(16)8(15)10(17)12(13)19/h3,5H,4H2,1-2H3,(H,20,24). The summed E-state index contributed by atoms with van der Waals surface area (Å²) in [6, 6.07) is 1.15. The van der Waals surface area contributed by atoms with Gasteiger partial charge in [0.25, 0.3) is 0 Å². The summed E-state index contributed by atoms with van der Waals surface area (Å²) in [4.78, 5) is 21.9. The first kappa shape index (κ1) is 19.3. The zero-order valence-corrected chi connectivity index (χ0v) is 13.3. The molecule has 26 heavy (non-hydrogen) atoms. The molecule has 0 bridgehead atoms. The summed E-state index contributed by atoms with van der Waals surface area (Å²) < 4.78 is 67.5. The van der Waals surface area contributed by atoms with Crippen LogP contribution in [-0.2, 0) is 11.3 Å². The van der Waals surface area contributed by atoms with E-state index in [1.165, 1.54) is 13.8 Å². The summed E-state index contributed by atoms with van der Waals surface area (Å²) in [5.74, 6) is -13.6. The van der Waals surface area contributed by atoms with Crippen LogP contribution in [0, 0.1) is 52.0 Å². The van der Waals surface area contributed by atoms with E-state index in [0.29, 0.717) is 5.69 Å². The van der Waals surface area contributed by atoms with E-state index >= 15 is 0 Å². The molecule has 0 radical (unpaired) electrons. The van der Waals surface area contributed by atoms with E-state index in [9.17, 15) is 36.9 Å². The highest BCUT2D eigenvalue weighted by atomic mass is 19.2. The number of anilines is 1. The second kappa shape index (κ2) is 7.06. The number of amides is 1. The van der Waals surface area contributed by atoms with E-state index in [1.54, 1.807) is 5.32 Å². The minimum Gasteiger partial charge on any atom is -0.358 e. The number of hydrogen-bond donors (Lipinski definition) is 1. The van der Waals surface area contributed by atoms with E-state index < -0.39 is 57.3 Å². The molecular weight excluding hydrogens is 367 g/mol. The molecule has 1 N–H and O–H groups in total. The molecule has 12 heteroatoms. The smallest absolute Gasteiger partial charge is 0.358 e. The van der Waals surface area contributed by atoms with Crippen LogP contribution in [0.5, 0.6) is 0 Å². The van der Waals surface area contributed by atoms with Crippen LogP contribution >= 0.6 is 0 Å². The summed E-state index contributed by atoms with van der Waals surface area (Å²) in [6.45, 7) is 2.55. The van der Waals surface area contributed by atoms with Gasteiger partial charge in [0.15, 0.2) is 23.3 Å². The average Bonchev–Trinajstić information content (AvgIpc) is 2.96. The number of carbonyl (C=O) groups excluding carboxylic acids is 1. The molecule has 1 atom stereocenters. The van der Waals surface area contributed by atoms with Gasteiger partial charge in [-0.2, -0.15) is 4.68 Å². The molecule has 1 unspecified atom stereocenters. The molecular formula is C14H11F5N4O3. The number of halogens is 5. The van der Waals surface area contributed by atoms with Gasteiger partial charge in [0.1, 0.15) is 5.69 Å². The van der Waals surface area contributed by atoms with Gasteiger partial charge in [0.2, 0.25) is 11.7 Å². The molecule has 2 aromatic rings. The first-order valence-corrected chi connectivity index (χ1v) is 7.05. The normalized spacial score (nSPS) is 12.1. The molecule has 2 rings (SSSR count). The number of hydrogen-bond acceptors (Lipinski definition) is 4. The SMILES string of the molecule is Cc1cc([N+](=O)[O-])nn1CC(C)C(=O)Nc1c(F)c(F)c(F)c(F)c1F. The number of aryl methyl sites for hydroxylation is 1. The Bertz CT molecular complexity index is 870. The summed E-state index contributed by atoms with van der Waals surface area (Å²) in [5.41, 5.74) is -1.13. The highest BCUT2D eigenvalue weighted by molar-refractivity contribution is 5.92. The Morgan fingerprint density at radius 2 is 1.69 bits per heavy atom. The van der Waals surface area contributed by atoms with Crippen LogP contribution in [0.25, 0.3) is 0 Å². The fourth-order valence-corrected chi connectivity index (χ4v) is 2.07. The van der Waals surface area contributed by atoms with Crippen molar-refractivity contribution in [3.8, 4) is 0 Å². The number of benzene rings is 1. The van der Waals surface area contributed by atoms with Gasteiger partial charge in [-0.3, -0.25) is 4.79 Å². The molecule has 0 saturated carbocycles. The average molecular weight is 378 g/mol. The number of carbonyl (C=O) groups is 1. The van der Waals surface area contributed by atoms with Gasteiger partial charge in [0, 0.05) is 0 Å². The molecule has 0 saturated heterocycles. The number of nitrogens with one attached hydrogen (secondary N) is 1. The second-order valence-electron chi connectivity index (χ2n) is 5.42. The Balaban J connectivity index is 2.22. The van der Waals surface area contributed by atoms with Crippen molar-refractivity contribution in [2.24, 2.45) is 5.92 Å². The fraction of sp³-hybridized carbons (Fsp3) is 0.286. The monoisotopic (exact) mass is 378 g/mol. The maximum atomic E-state index is 13.6. The van der Waals surface area contributed by atoms with Crippen molar-refractivity contribution in [3.05, 3.63) is 51.0 Å². The number of nitro groups is 1. The van der Waals surface area contributed by atoms with Gasteiger partial charge in [0.05, 0.1) is 29.3 Å². The third kappa shape index (κ3) is 3.48. The maximum absolute atomic E-state index is 13.6. The maximum Gasteiger partial charge on any atom is 0.390 e. The van der Waals surface area contributed by atoms with Crippen LogP contribution in [0.1, 0.15) is 12.6 Å². The fourth-order valence-electron chi connectivity index (χ4n) is 2.07. The number of nitrogens with zero attached hydrogens (tertiary/aromatic N) is 3. The molecule has 0 aliphatic heterocycles. The molecule has 140 valence electrons. The third-order valence-electron chi connectivity index (χ3n) is 3.51. The highest BCUT2D eigenvalue weighted by Gasteiger charge is 2.28. The molecule has 1 heterocycles. The van der Waals surface area contributed by atoms with Crippen molar-refractivity contribution < 1.29 is 31.7 Å². The molecule has 0 aliphatic rings. The molecule has 7 nitrogen and oxygen atoms in total. The van der Waals surface area contributed by atoms with Crippen molar-refractivity contribution in [3.63, 3.8) is 0 Å². The molecule has 0 aliphatic carbocycles. The van der Waals surface area contributed by atoms with Crippen LogP contribution in [0.15, 0.2) is 6.07 Å². The van der Waals surface area contributed by atoms with Crippen LogP contribution in [0.2, 0.25) is 0 Å². The van der Waals surface area contributed by atoms with E-state index in [0.717, 1.165) is 10.7 Å². The molecule has 0 spiro atoms. The summed E-state index contributed by atoms with van der Waals surface area (Å²) in [6.07, 6.45) is 0. The quantitative estimate of drug-likeness (QED) is 0.285. The van der Waals surface area contributed by atoms with Gasteiger partial charge in [-0.25, -0.2) is 22.0 Å². The van der Waals surface area contributed by atoms with Crippen LogP contribution in [0.4, 0.5) is 33.5 Å². The minimum atomic E-state index is -2.34. The number of aromatic nitrogens is 2. The minimum absolute atomic E-state index is 0.221. The Morgan fingerprint density at radius 1 is 1.19 bits per heavy atom. The van der Waals surface area contributed by atoms with Gasteiger partial charge >= 0.3 is 5.82 Å². The van der Waals surface area contributed by atoms with Crippen molar-refractivity contribution in [1.29, 1.82) is 0 Å². The third-order valence-corrected chi connectivity index (χ3v) is 3.51. The van der Waals surface area contributed by atoms with Crippen molar-refractivity contribution in [2.75, 3.05) is 5.32 Å². The van der Waals surface area contributed by atoms with Gasteiger partial charge in [-0.1, -0.05) is 6.92 Å². The Hall–Kier alpha value is -3.05.